The average molecular weight is 298 g/mol. The Bertz CT molecular complexity index is 584. The Balaban J connectivity index is 2.46. The molecule has 0 amide bonds. The maximum absolute atomic E-state index is 13.6. The van der Waals surface area contributed by atoms with Crippen molar-refractivity contribution in [1.29, 1.82) is 0 Å². The number of carbonyl (C=O) groups is 1. The summed E-state index contributed by atoms with van der Waals surface area (Å²) < 4.78 is 18.4. The molecule has 2 N–H and O–H groups in total. The van der Waals surface area contributed by atoms with Crippen molar-refractivity contribution in [2.45, 2.75) is 31.2 Å². The van der Waals surface area contributed by atoms with Gasteiger partial charge in [-0.05, 0) is 12.8 Å². The molecule has 0 unspecified atom stereocenters. The number of aliphatic carboxylic acids is 1. The third kappa shape index (κ3) is 2.74. The van der Waals surface area contributed by atoms with E-state index in [9.17, 15) is 24.4 Å². The molecule has 0 atom stereocenters. The SMILES string of the molecule is COc1cc(NC2(C(=O)O)CCCC2)c([N+](=O)[O-])cc1F. The molecule has 1 aliphatic carbocycles. The molecule has 1 aliphatic rings. The van der Waals surface area contributed by atoms with Gasteiger partial charge in [0, 0.05) is 6.07 Å². The lowest BCUT2D eigenvalue weighted by atomic mass is 9.97. The summed E-state index contributed by atoms with van der Waals surface area (Å²) in [6.07, 6.45) is 2.15. The minimum atomic E-state index is -1.26. The van der Waals surface area contributed by atoms with Gasteiger partial charge in [-0.15, -0.1) is 0 Å². The predicted molar refractivity (Wildman–Crippen MR) is 72.1 cm³/mol. The number of halogens is 1. The second-order valence-electron chi connectivity index (χ2n) is 4.98. The molecule has 2 rings (SSSR count). The number of ether oxygens (including phenoxy) is 1. The fourth-order valence-corrected chi connectivity index (χ4v) is 2.58. The van der Waals surface area contributed by atoms with Crippen LogP contribution in [-0.2, 0) is 4.79 Å². The van der Waals surface area contributed by atoms with Crippen LogP contribution in [0.25, 0.3) is 0 Å². The highest BCUT2D eigenvalue weighted by atomic mass is 19.1. The van der Waals surface area contributed by atoms with Gasteiger partial charge < -0.3 is 15.2 Å². The molecule has 0 spiro atoms. The fraction of sp³-hybridized carbons (Fsp3) is 0.462. The zero-order valence-electron chi connectivity index (χ0n) is 11.4. The van der Waals surface area contributed by atoms with Crippen molar-refractivity contribution in [3.8, 4) is 5.75 Å². The van der Waals surface area contributed by atoms with Crippen LogP contribution in [0.15, 0.2) is 12.1 Å². The van der Waals surface area contributed by atoms with Gasteiger partial charge in [-0.2, -0.15) is 0 Å². The van der Waals surface area contributed by atoms with Gasteiger partial charge in [0.25, 0.3) is 5.69 Å². The average Bonchev–Trinajstić information content (AvgIpc) is 2.90. The summed E-state index contributed by atoms with van der Waals surface area (Å²) in [7, 11) is 1.23. The molecule has 0 saturated heterocycles. The smallest absolute Gasteiger partial charge is 0.329 e. The van der Waals surface area contributed by atoms with Crippen molar-refractivity contribution in [1.82, 2.24) is 0 Å². The van der Waals surface area contributed by atoms with Crippen LogP contribution >= 0.6 is 0 Å². The van der Waals surface area contributed by atoms with Gasteiger partial charge >= 0.3 is 5.97 Å². The Hall–Kier alpha value is -2.38. The number of carboxylic acids is 1. The highest BCUT2D eigenvalue weighted by molar-refractivity contribution is 5.84. The molecular formula is C13H15FN2O5. The molecule has 1 saturated carbocycles. The monoisotopic (exact) mass is 298 g/mol. The van der Waals surface area contributed by atoms with E-state index in [1.165, 1.54) is 7.11 Å². The molecule has 0 radical (unpaired) electrons. The number of benzene rings is 1. The van der Waals surface area contributed by atoms with Crippen molar-refractivity contribution in [3.05, 3.63) is 28.1 Å². The van der Waals surface area contributed by atoms with Gasteiger partial charge in [-0.3, -0.25) is 10.1 Å². The normalized spacial score (nSPS) is 16.5. The summed E-state index contributed by atoms with van der Waals surface area (Å²) in [5.41, 5.74) is -1.82. The second-order valence-corrected chi connectivity index (χ2v) is 4.98. The minimum Gasteiger partial charge on any atom is -0.494 e. The van der Waals surface area contributed by atoms with Gasteiger partial charge in [0.2, 0.25) is 0 Å². The summed E-state index contributed by atoms with van der Waals surface area (Å²) >= 11 is 0. The van der Waals surface area contributed by atoms with Crippen molar-refractivity contribution >= 4 is 17.3 Å². The molecule has 7 nitrogen and oxygen atoms in total. The minimum absolute atomic E-state index is 0.0532. The quantitative estimate of drug-likeness (QED) is 0.640. The number of carboxylic acid groups (broad SMARTS) is 1. The summed E-state index contributed by atoms with van der Waals surface area (Å²) in [6.45, 7) is 0. The zero-order valence-corrected chi connectivity index (χ0v) is 11.4. The fourth-order valence-electron chi connectivity index (χ4n) is 2.58. The maximum atomic E-state index is 13.6. The Morgan fingerprint density at radius 2 is 2.10 bits per heavy atom. The van der Waals surface area contributed by atoms with Gasteiger partial charge in [0.1, 0.15) is 11.2 Å². The number of nitro groups is 1. The van der Waals surface area contributed by atoms with Crippen LogP contribution in [0.5, 0.6) is 5.75 Å². The highest BCUT2D eigenvalue weighted by Crippen LogP contribution is 2.38. The van der Waals surface area contributed by atoms with Crippen molar-refractivity contribution in [3.63, 3.8) is 0 Å². The number of nitro benzene ring substituents is 1. The Kier molecular flexibility index (Phi) is 3.97. The van der Waals surface area contributed by atoms with Crippen LogP contribution < -0.4 is 10.1 Å². The summed E-state index contributed by atoms with van der Waals surface area (Å²) in [5, 5.41) is 23.1. The number of nitrogens with one attached hydrogen (secondary N) is 1. The third-order valence-corrected chi connectivity index (χ3v) is 3.71. The molecule has 1 fully saturated rings. The highest BCUT2D eigenvalue weighted by Gasteiger charge is 2.42. The van der Waals surface area contributed by atoms with Gasteiger partial charge in [0.15, 0.2) is 11.6 Å². The van der Waals surface area contributed by atoms with Gasteiger partial charge in [-0.25, -0.2) is 9.18 Å². The number of nitrogens with zero attached hydrogens (tertiary/aromatic N) is 1. The maximum Gasteiger partial charge on any atom is 0.329 e. The van der Waals surface area contributed by atoms with E-state index in [2.05, 4.69) is 5.32 Å². The van der Waals surface area contributed by atoms with Crippen LogP contribution in [0, 0.1) is 15.9 Å². The summed E-state index contributed by atoms with van der Waals surface area (Å²) in [4.78, 5) is 21.8. The lowest BCUT2D eigenvalue weighted by Crippen LogP contribution is -2.43. The second kappa shape index (κ2) is 5.55. The summed E-state index contributed by atoms with van der Waals surface area (Å²) in [6, 6.07) is 1.85. The molecule has 1 aromatic carbocycles. The molecule has 0 heterocycles. The Morgan fingerprint density at radius 3 is 2.57 bits per heavy atom. The van der Waals surface area contributed by atoms with E-state index in [0.29, 0.717) is 25.7 Å². The van der Waals surface area contributed by atoms with Crippen LogP contribution in [-0.4, -0.2) is 28.6 Å². The number of hydrogen-bond donors (Lipinski definition) is 2. The van der Waals surface area contributed by atoms with E-state index >= 15 is 0 Å². The van der Waals surface area contributed by atoms with E-state index in [1.807, 2.05) is 0 Å². The molecule has 114 valence electrons. The largest absolute Gasteiger partial charge is 0.494 e. The number of anilines is 1. The number of methoxy groups -OCH3 is 1. The topological polar surface area (TPSA) is 102 Å². The van der Waals surface area contributed by atoms with Crippen molar-refractivity contribution in [2.75, 3.05) is 12.4 Å². The van der Waals surface area contributed by atoms with E-state index < -0.39 is 27.9 Å². The molecule has 1 aromatic rings. The first-order valence-electron chi connectivity index (χ1n) is 6.43. The van der Waals surface area contributed by atoms with E-state index in [-0.39, 0.29) is 11.4 Å². The number of hydrogen-bond acceptors (Lipinski definition) is 5. The van der Waals surface area contributed by atoms with Crippen molar-refractivity contribution < 1.29 is 24.0 Å². The van der Waals surface area contributed by atoms with Crippen molar-refractivity contribution in [2.24, 2.45) is 0 Å². The van der Waals surface area contributed by atoms with E-state index in [1.54, 1.807) is 0 Å². The molecule has 21 heavy (non-hydrogen) atoms. The third-order valence-electron chi connectivity index (χ3n) is 3.71. The van der Waals surface area contributed by atoms with Gasteiger partial charge in [-0.1, -0.05) is 12.8 Å². The van der Waals surface area contributed by atoms with Crippen LogP contribution in [0.4, 0.5) is 15.8 Å². The standard InChI is InChI=1S/C13H15FN2O5/c1-21-11-7-9(10(16(19)20)6-8(11)14)15-13(12(17)18)4-2-3-5-13/h6-7,15H,2-5H2,1H3,(H,17,18). The predicted octanol–water partition coefficient (Wildman–Crippen LogP) is 2.55. The molecular weight excluding hydrogens is 283 g/mol. The zero-order chi connectivity index (χ0) is 15.6. The van der Waals surface area contributed by atoms with Crippen LogP contribution in [0.3, 0.4) is 0 Å². The molecule has 0 aromatic heterocycles. The first kappa shape index (κ1) is 15.0. The molecule has 0 aliphatic heterocycles. The summed E-state index contributed by atoms with van der Waals surface area (Å²) in [5.74, 6) is -2.12. The van der Waals surface area contributed by atoms with Crippen LogP contribution in [0.1, 0.15) is 25.7 Å². The van der Waals surface area contributed by atoms with Crippen LogP contribution in [0.2, 0.25) is 0 Å². The Labute approximate surface area is 119 Å². The molecule has 8 heteroatoms. The van der Waals surface area contributed by atoms with E-state index in [4.69, 9.17) is 4.74 Å². The number of rotatable bonds is 5. The first-order chi connectivity index (χ1) is 9.89. The van der Waals surface area contributed by atoms with E-state index in [0.717, 1.165) is 12.1 Å². The first-order valence-corrected chi connectivity index (χ1v) is 6.43. The Morgan fingerprint density at radius 1 is 1.48 bits per heavy atom. The lowest BCUT2D eigenvalue weighted by molar-refractivity contribution is -0.384. The molecule has 0 bridgehead atoms. The van der Waals surface area contributed by atoms with Gasteiger partial charge in [0.05, 0.1) is 18.1 Å². The lowest BCUT2D eigenvalue weighted by Gasteiger charge is -2.26.